The van der Waals surface area contributed by atoms with E-state index >= 15 is 0 Å². The molecule has 0 bridgehead atoms. The van der Waals surface area contributed by atoms with Gasteiger partial charge in [-0.1, -0.05) is 45.0 Å². The lowest BCUT2D eigenvalue weighted by Crippen LogP contribution is -2.12. The van der Waals surface area contributed by atoms with Crippen LogP contribution in [-0.2, 0) is 5.41 Å². The number of thiophene rings is 2. The summed E-state index contributed by atoms with van der Waals surface area (Å²) < 4.78 is 2.89. The van der Waals surface area contributed by atoms with Crippen molar-refractivity contribution in [2.75, 3.05) is 0 Å². The summed E-state index contributed by atoms with van der Waals surface area (Å²) in [6.07, 6.45) is 0. The smallest absolute Gasteiger partial charge is 0.0534 e. The van der Waals surface area contributed by atoms with Gasteiger partial charge in [0.1, 0.15) is 0 Å². The largest absolute Gasteiger partial charge is 0.139 e. The van der Waals surface area contributed by atoms with E-state index in [9.17, 15) is 0 Å². The zero-order chi connectivity index (χ0) is 14.5. The van der Waals surface area contributed by atoms with Crippen LogP contribution in [-0.4, -0.2) is 0 Å². The number of hydrogen-bond donors (Lipinski definition) is 0. The van der Waals surface area contributed by atoms with Crippen molar-refractivity contribution in [3.05, 3.63) is 45.6 Å². The summed E-state index contributed by atoms with van der Waals surface area (Å²) in [4.78, 5) is 2.84. The summed E-state index contributed by atoms with van der Waals surface area (Å²) in [5.74, 6) is 0. The Morgan fingerprint density at radius 1 is 0.950 bits per heavy atom. The standard InChI is InChI=1S/C18H20S2/c1-11-10-15-17(19-11)16(12(2)20-15)13-8-6-7-9-14(13)18(3,4)5/h6-10H,1-5H3. The predicted molar refractivity (Wildman–Crippen MR) is 93.3 cm³/mol. The third-order valence-electron chi connectivity index (χ3n) is 3.67. The lowest BCUT2D eigenvalue weighted by atomic mass is 9.82. The van der Waals surface area contributed by atoms with Gasteiger partial charge in [0.25, 0.3) is 0 Å². The number of aryl methyl sites for hydroxylation is 2. The Labute approximate surface area is 129 Å². The first-order valence-electron chi connectivity index (χ1n) is 6.97. The van der Waals surface area contributed by atoms with E-state index in [1.807, 2.05) is 22.7 Å². The van der Waals surface area contributed by atoms with Crippen molar-refractivity contribution in [1.29, 1.82) is 0 Å². The molecule has 0 fully saturated rings. The highest BCUT2D eigenvalue weighted by molar-refractivity contribution is 7.28. The molecular weight excluding hydrogens is 280 g/mol. The van der Waals surface area contributed by atoms with Crippen molar-refractivity contribution in [2.24, 2.45) is 0 Å². The minimum Gasteiger partial charge on any atom is -0.139 e. The van der Waals surface area contributed by atoms with Crippen molar-refractivity contribution in [1.82, 2.24) is 0 Å². The molecule has 2 aromatic heterocycles. The van der Waals surface area contributed by atoms with Crippen LogP contribution in [0.2, 0.25) is 0 Å². The molecule has 0 atom stereocenters. The van der Waals surface area contributed by atoms with E-state index in [1.54, 1.807) is 0 Å². The summed E-state index contributed by atoms with van der Waals surface area (Å²) in [5, 5.41) is 0. The van der Waals surface area contributed by atoms with E-state index < -0.39 is 0 Å². The molecule has 0 nitrogen and oxygen atoms in total. The summed E-state index contributed by atoms with van der Waals surface area (Å²) in [6.45, 7) is 11.3. The second-order valence-electron chi connectivity index (χ2n) is 6.38. The first-order valence-corrected chi connectivity index (χ1v) is 8.60. The maximum absolute atomic E-state index is 2.32. The molecule has 0 aliphatic carbocycles. The molecule has 0 unspecified atom stereocenters. The molecule has 3 rings (SSSR count). The third-order valence-corrected chi connectivity index (χ3v) is 5.92. The zero-order valence-electron chi connectivity index (χ0n) is 12.7. The minimum atomic E-state index is 0.170. The van der Waals surface area contributed by atoms with Crippen LogP contribution >= 0.6 is 22.7 Å². The molecule has 0 saturated heterocycles. The van der Waals surface area contributed by atoms with Gasteiger partial charge >= 0.3 is 0 Å². The molecular formula is C18H20S2. The minimum absolute atomic E-state index is 0.170. The van der Waals surface area contributed by atoms with E-state index in [4.69, 9.17) is 0 Å². The van der Waals surface area contributed by atoms with Gasteiger partial charge in [-0.05, 0) is 36.5 Å². The fourth-order valence-corrected chi connectivity index (χ4v) is 5.27. The van der Waals surface area contributed by atoms with Crippen molar-refractivity contribution in [2.45, 2.75) is 40.0 Å². The molecule has 1 aromatic carbocycles. The first kappa shape index (κ1) is 13.8. The van der Waals surface area contributed by atoms with Gasteiger partial charge in [0.05, 0.1) is 4.70 Å². The highest BCUT2D eigenvalue weighted by Crippen LogP contribution is 2.45. The fourth-order valence-electron chi connectivity index (χ4n) is 2.78. The van der Waals surface area contributed by atoms with Gasteiger partial charge in [0.2, 0.25) is 0 Å². The number of fused-ring (bicyclic) bond motifs is 1. The molecule has 0 saturated carbocycles. The maximum Gasteiger partial charge on any atom is 0.0534 e. The maximum atomic E-state index is 2.32. The SMILES string of the molecule is Cc1cc2sc(C)c(-c3ccccc3C(C)(C)C)c2s1. The van der Waals surface area contributed by atoms with Gasteiger partial charge in [-0.25, -0.2) is 0 Å². The summed E-state index contributed by atoms with van der Waals surface area (Å²) in [6, 6.07) is 11.2. The van der Waals surface area contributed by atoms with E-state index in [0.717, 1.165) is 0 Å². The normalized spacial score (nSPS) is 12.2. The van der Waals surface area contributed by atoms with Crippen LogP contribution in [0.15, 0.2) is 30.3 Å². The van der Waals surface area contributed by atoms with E-state index in [1.165, 1.54) is 35.8 Å². The highest BCUT2D eigenvalue weighted by atomic mass is 32.1. The van der Waals surface area contributed by atoms with Crippen molar-refractivity contribution in [3.63, 3.8) is 0 Å². The summed E-state index contributed by atoms with van der Waals surface area (Å²) in [5.41, 5.74) is 4.47. The Kier molecular flexibility index (Phi) is 3.26. The zero-order valence-corrected chi connectivity index (χ0v) is 14.3. The Hall–Kier alpha value is -1.12. The van der Waals surface area contributed by atoms with Gasteiger partial charge in [-0.2, -0.15) is 0 Å². The number of benzene rings is 1. The van der Waals surface area contributed by atoms with Gasteiger partial charge < -0.3 is 0 Å². The van der Waals surface area contributed by atoms with Crippen LogP contribution in [0, 0.1) is 13.8 Å². The Balaban J connectivity index is 2.34. The predicted octanol–water partition coefficient (Wildman–Crippen LogP) is 6.54. The second-order valence-corrected chi connectivity index (χ2v) is 8.89. The molecule has 0 radical (unpaired) electrons. The second kappa shape index (κ2) is 4.71. The Morgan fingerprint density at radius 3 is 2.35 bits per heavy atom. The van der Waals surface area contributed by atoms with Crippen molar-refractivity contribution < 1.29 is 0 Å². The average Bonchev–Trinajstić information content (AvgIpc) is 2.82. The molecule has 0 amide bonds. The van der Waals surface area contributed by atoms with E-state index in [-0.39, 0.29) is 5.41 Å². The summed E-state index contributed by atoms with van der Waals surface area (Å²) in [7, 11) is 0. The molecule has 0 aliphatic rings. The average molecular weight is 300 g/mol. The third kappa shape index (κ3) is 2.21. The molecule has 0 N–H and O–H groups in total. The van der Waals surface area contributed by atoms with Gasteiger partial charge in [0, 0.05) is 20.0 Å². The quantitative estimate of drug-likeness (QED) is 0.478. The monoisotopic (exact) mass is 300 g/mol. The number of rotatable bonds is 1. The molecule has 104 valence electrons. The molecule has 20 heavy (non-hydrogen) atoms. The van der Waals surface area contributed by atoms with Crippen LogP contribution in [0.4, 0.5) is 0 Å². The van der Waals surface area contributed by atoms with E-state index in [2.05, 4.69) is 65.0 Å². The fraction of sp³-hybridized carbons (Fsp3) is 0.333. The number of hydrogen-bond acceptors (Lipinski definition) is 2. The Morgan fingerprint density at radius 2 is 1.65 bits per heavy atom. The molecule has 3 aromatic rings. The van der Waals surface area contributed by atoms with Crippen LogP contribution < -0.4 is 0 Å². The Bertz CT molecular complexity index is 766. The summed E-state index contributed by atoms with van der Waals surface area (Å²) >= 11 is 3.85. The lowest BCUT2D eigenvalue weighted by Gasteiger charge is -2.23. The van der Waals surface area contributed by atoms with E-state index in [0.29, 0.717) is 0 Å². The highest BCUT2D eigenvalue weighted by Gasteiger charge is 2.22. The van der Waals surface area contributed by atoms with Gasteiger partial charge in [-0.15, -0.1) is 22.7 Å². The lowest BCUT2D eigenvalue weighted by molar-refractivity contribution is 0.592. The first-order chi connectivity index (χ1) is 9.38. The van der Waals surface area contributed by atoms with Gasteiger partial charge in [-0.3, -0.25) is 0 Å². The topological polar surface area (TPSA) is 0 Å². The van der Waals surface area contributed by atoms with Crippen LogP contribution in [0.3, 0.4) is 0 Å². The van der Waals surface area contributed by atoms with Crippen LogP contribution in [0.1, 0.15) is 36.1 Å². The van der Waals surface area contributed by atoms with Crippen molar-refractivity contribution in [3.8, 4) is 11.1 Å². The van der Waals surface area contributed by atoms with Crippen molar-refractivity contribution >= 4 is 32.1 Å². The van der Waals surface area contributed by atoms with Crippen LogP contribution in [0.25, 0.3) is 20.5 Å². The van der Waals surface area contributed by atoms with Crippen LogP contribution in [0.5, 0.6) is 0 Å². The molecule has 2 heterocycles. The molecule has 0 spiro atoms. The molecule has 2 heteroatoms. The molecule has 0 aliphatic heterocycles. The van der Waals surface area contributed by atoms with Gasteiger partial charge in [0.15, 0.2) is 0 Å².